The Morgan fingerprint density at radius 2 is 1.81 bits per heavy atom. The standard InChI is InChI=1S/C25H34N2O4S/c1-5-24(21-14-13-19-9-6-7-10-20(19)15-21)26-25(28)17-27(32(4,29)30)22-11-8-12-23(16-22)31-18(2)3/h8,11-16,18,24H,5-7,9-10,17H2,1-4H3,(H,26,28). The van der Waals surface area contributed by atoms with E-state index in [2.05, 4.69) is 23.5 Å². The van der Waals surface area contributed by atoms with E-state index in [1.54, 1.807) is 24.3 Å². The molecule has 0 aromatic heterocycles. The molecule has 3 rings (SSSR count). The fourth-order valence-corrected chi connectivity index (χ4v) is 4.99. The SMILES string of the molecule is CCC(NC(=O)CN(c1cccc(OC(C)C)c1)S(C)(=O)=O)c1ccc2c(c1)CCCC2. The van der Waals surface area contributed by atoms with Crippen molar-refractivity contribution in [1.82, 2.24) is 5.32 Å². The van der Waals surface area contributed by atoms with Crippen LogP contribution in [0.25, 0.3) is 0 Å². The molecule has 1 atom stereocenters. The summed E-state index contributed by atoms with van der Waals surface area (Å²) in [6, 6.07) is 13.1. The number of rotatable bonds is 9. The zero-order valence-electron chi connectivity index (χ0n) is 19.4. The first kappa shape index (κ1) is 24.1. The summed E-state index contributed by atoms with van der Waals surface area (Å²) >= 11 is 0. The number of nitrogens with one attached hydrogen (secondary N) is 1. The van der Waals surface area contributed by atoms with Gasteiger partial charge in [-0.3, -0.25) is 9.10 Å². The van der Waals surface area contributed by atoms with E-state index in [1.165, 1.54) is 24.0 Å². The molecule has 1 amide bonds. The van der Waals surface area contributed by atoms with Crippen molar-refractivity contribution in [3.05, 3.63) is 59.2 Å². The van der Waals surface area contributed by atoms with Gasteiger partial charge in [0.1, 0.15) is 12.3 Å². The summed E-state index contributed by atoms with van der Waals surface area (Å²) < 4.78 is 31.8. The maximum atomic E-state index is 12.9. The Balaban J connectivity index is 1.76. The number of hydrogen-bond acceptors (Lipinski definition) is 4. The molecule has 1 N–H and O–H groups in total. The van der Waals surface area contributed by atoms with Crippen LogP contribution in [0, 0.1) is 0 Å². The van der Waals surface area contributed by atoms with Crippen LogP contribution in [0.2, 0.25) is 0 Å². The quantitative estimate of drug-likeness (QED) is 0.605. The lowest BCUT2D eigenvalue weighted by molar-refractivity contribution is -0.120. The van der Waals surface area contributed by atoms with Crippen molar-refractivity contribution in [2.24, 2.45) is 0 Å². The molecule has 1 aliphatic carbocycles. The molecule has 0 radical (unpaired) electrons. The van der Waals surface area contributed by atoms with Gasteiger partial charge in [0, 0.05) is 6.07 Å². The molecule has 1 unspecified atom stereocenters. The highest BCUT2D eigenvalue weighted by molar-refractivity contribution is 7.92. The molecule has 0 heterocycles. The van der Waals surface area contributed by atoms with Crippen molar-refractivity contribution in [3.63, 3.8) is 0 Å². The highest BCUT2D eigenvalue weighted by Crippen LogP contribution is 2.27. The Kier molecular flexibility index (Phi) is 7.82. The number of fused-ring (bicyclic) bond motifs is 1. The summed E-state index contributed by atoms with van der Waals surface area (Å²) in [5.74, 6) is 0.224. The summed E-state index contributed by atoms with van der Waals surface area (Å²) in [5, 5.41) is 3.03. The molecule has 0 aliphatic heterocycles. The molecule has 7 heteroatoms. The number of sulfonamides is 1. The normalized spacial score (nSPS) is 14.5. The second kappa shape index (κ2) is 10.4. The van der Waals surface area contributed by atoms with E-state index in [0.717, 1.165) is 35.4 Å². The molecule has 0 saturated heterocycles. The topological polar surface area (TPSA) is 75.7 Å². The van der Waals surface area contributed by atoms with E-state index < -0.39 is 10.0 Å². The number of amides is 1. The van der Waals surface area contributed by atoms with Gasteiger partial charge in [-0.2, -0.15) is 0 Å². The van der Waals surface area contributed by atoms with Gasteiger partial charge in [-0.15, -0.1) is 0 Å². The highest BCUT2D eigenvalue weighted by Gasteiger charge is 2.23. The van der Waals surface area contributed by atoms with E-state index in [-0.39, 0.29) is 24.6 Å². The van der Waals surface area contributed by atoms with Gasteiger partial charge in [-0.05, 0) is 74.8 Å². The number of aryl methyl sites for hydroxylation is 2. The van der Waals surface area contributed by atoms with E-state index in [9.17, 15) is 13.2 Å². The van der Waals surface area contributed by atoms with Crippen LogP contribution < -0.4 is 14.4 Å². The second-order valence-electron chi connectivity index (χ2n) is 8.70. The lowest BCUT2D eigenvalue weighted by Crippen LogP contribution is -2.41. The molecule has 0 saturated carbocycles. The maximum absolute atomic E-state index is 12.9. The third-order valence-corrected chi connectivity index (χ3v) is 6.82. The average molecular weight is 459 g/mol. The van der Waals surface area contributed by atoms with Crippen molar-refractivity contribution >= 4 is 21.6 Å². The molecule has 0 spiro atoms. The summed E-state index contributed by atoms with van der Waals surface area (Å²) in [7, 11) is -3.66. The van der Waals surface area contributed by atoms with Crippen LogP contribution in [0.4, 0.5) is 5.69 Å². The van der Waals surface area contributed by atoms with Gasteiger partial charge in [0.2, 0.25) is 15.9 Å². The Bertz CT molecular complexity index is 1050. The molecular formula is C25H34N2O4S. The molecule has 0 bridgehead atoms. The van der Waals surface area contributed by atoms with Crippen molar-refractivity contribution in [2.75, 3.05) is 17.1 Å². The van der Waals surface area contributed by atoms with Crippen molar-refractivity contribution < 1.29 is 17.9 Å². The predicted molar refractivity (Wildman–Crippen MR) is 129 cm³/mol. The molecule has 1 aliphatic rings. The van der Waals surface area contributed by atoms with E-state index >= 15 is 0 Å². The third kappa shape index (κ3) is 6.25. The number of carbonyl (C=O) groups excluding carboxylic acids is 1. The van der Waals surface area contributed by atoms with Crippen LogP contribution in [0.15, 0.2) is 42.5 Å². The van der Waals surface area contributed by atoms with Gasteiger partial charge in [0.15, 0.2) is 0 Å². The summed E-state index contributed by atoms with van der Waals surface area (Å²) in [5.41, 5.74) is 4.23. The minimum atomic E-state index is -3.66. The van der Waals surface area contributed by atoms with Crippen LogP contribution in [0.1, 0.15) is 62.8 Å². The van der Waals surface area contributed by atoms with Crippen LogP contribution in [-0.2, 0) is 27.7 Å². The van der Waals surface area contributed by atoms with Crippen LogP contribution in [0.3, 0.4) is 0 Å². The highest BCUT2D eigenvalue weighted by atomic mass is 32.2. The average Bonchev–Trinajstić information content (AvgIpc) is 2.74. The number of carbonyl (C=O) groups is 1. The van der Waals surface area contributed by atoms with Crippen LogP contribution >= 0.6 is 0 Å². The minimum Gasteiger partial charge on any atom is -0.491 e. The fraction of sp³-hybridized carbons (Fsp3) is 0.480. The molecule has 2 aromatic rings. The minimum absolute atomic E-state index is 0.0397. The first-order valence-electron chi connectivity index (χ1n) is 11.3. The first-order valence-corrected chi connectivity index (χ1v) is 13.2. The van der Waals surface area contributed by atoms with Crippen molar-refractivity contribution in [3.8, 4) is 5.75 Å². The monoisotopic (exact) mass is 458 g/mol. The second-order valence-corrected chi connectivity index (χ2v) is 10.6. The van der Waals surface area contributed by atoms with Gasteiger partial charge in [-0.25, -0.2) is 8.42 Å². The maximum Gasteiger partial charge on any atom is 0.241 e. The van der Waals surface area contributed by atoms with Gasteiger partial charge in [-0.1, -0.05) is 31.2 Å². The molecule has 174 valence electrons. The molecule has 2 aromatic carbocycles. The summed E-state index contributed by atoms with van der Waals surface area (Å²) in [6.45, 7) is 5.54. The van der Waals surface area contributed by atoms with E-state index in [4.69, 9.17) is 4.74 Å². The lowest BCUT2D eigenvalue weighted by atomic mass is 9.89. The smallest absolute Gasteiger partial charge is 0.241 e. The number of hydrogen-bond donors (Lipinski definition) is 1. The predicted octanol–water partition coefficient (Wildman–Crippen LogP) is 4.39. The number of nitrogens with zero attached hydrogens (tertiary/aromatic N) is 1. The van der Waals surface area contributed by atoms with Gasteiger partial charge in [0.25, 0.3) is 0 Å². The Labute approximate surface area is 192 Å². The molecular weight excluding hydrogens is 424 g/mol. The zero-order valence-corrected chi connectivity index (χ0v) is 20.2. The molecule has 32 heavy (non-hydrogen) atoms. The Morgan fingerprint density at radius 3 is 2.47 bits per heavy atom. The van der Waals surface area contributed by atoms with Crippen molar-refractivity contribution in [2.45, 2.75) is 65.0 Å². The number of benzene rings is 2. The number of anilines is 1. The molecule has 6 nitrogen and oxygen atoms in total. The van der Waals surface area contributed by atoms with Gasteiger partial charge >= 0.3 is 0 Å². The Hall–Kier alpha value is -2.54. The van der Waals surface area contributed by atoms with Crippen LogP contribution in [0.5, 0.6) is 5.75 Å². The summed E-state index contributed by atoms with van der Waals surface area (Å²) in [6.07, 6.45) is 6.40. The van der Waals surface area contributed by atoms with Gasteiger partial charge in [0.05, 0.1) is 24.1 Å². The van der Waals surface area contributed by atoms with Crippen molar-refractivity contribution in [1.29, 1.82) is 0 Å². The van der Waals surface area contributed by atoms with E-state index in [0.29, 0.717) is 11.4 Å². The van der Waals surface area contributed by atoms with Crippen LogP contribution in [-0.4, -0.2) is 33.2 Å². The van der Waals surface area contributed by atoms with E-state index in [1.807, 2.05) is 20.8 Å². The first-order chi connectivity index (χ1) is 15.2. The molecule has 0 fully saturated rings. The lowest BCUT2D eigenvalue weighted by Gasteiger charge is -2.25. The third-order valence-electron chi connectivity index (χ3n) is 5.68. The Morgan fingerprint density at radius 1 is 1.09 bits per heavy atom. The fourth-order valence-electron chi connectivity index (χ4n) is 4.15. The largest absolute Gasteiger partial charge is 0.491 e. The van der Waals surface area contributed by atoms with Gasteiger partial charge < -0.3 is 10.1 Å². The zero-order chi connectivity index (χ0) is 23.3. The number of ether oxygens (including phenoxy) is 1. The summed E-state index contributed by atoms with van der Waals surface area (Å²) in [4.78, 5) is 12.9.